The average Bonchev–Trinajstić information content (AvgIpc) is 3.02. The predicted molar refractivity (Wildman–Crippen MR) is 80.9 cm³/mol. The first-order chi connectivity index (χ1) is 11.1. The van der Waals surface area contributed by atoms with Crippen LogP contribution < -0.4 is 0 Å². The van der Waals surface area contributed by atoms with Gasteiger partial charge in [-0.2, -0.15) is 0 Å². The molecular weight excluding hydrogens is 298 g/mol. The van der Waals surface area contributed by atoms with Crippen LogP contribution in [0.1, 0.15) is 27.4 Å². The van der Waals surface area contributed by atoms with Crippen molar-refractivity contribution in [2.24, 2.45) is 0 Å². The van der Waals surface area contributed by atoms with E-state index in [2.05, 4.69) is 0 Å². The molecule has 0 saturated carbocycles. The standard InChI is InChI=1S/C17H17NO5/c1-22-10-13-6-7-15(23-13)16(19)18-9-12-5-3-2-4-11(12)8-14(18)17(20)21/h2-7,14H,8-10H2,1H3,(H,20,21)/t14-/m0/s1. The Hall–Kier alpha value is -2.60. The molecule has 1 aromatic carbocycles. The summed E-state index contributed by atoms with van der Waals surface area (Å²) in [5, 5.41) is 9.47. The molecule has 0 fully saturated rings. The van der Waals surface area contributed by atoms with E-state index < -0.39 is 17.9 Å². The Morgan fingerprint density at radius 2 is 2.00 bits per heavy atom. The second kappa shape index (κ2) is 6.26. The van der Waals surface area contributed by atoms with Gasteiger partial charge in [-0.05, 0) is 23.3 Å². The van der Waals surface area contributed by atoms with Crippen LogP contribution in [-0.4, -0.2) is 35.0 Å². The van der Waals surface area contributed by atoms with Crippen molar-refractivity contribution in [1.82, 2.24) is 4.90 Å². The van der Waals surface area contributed by atoms with Crippen molar-refractivity contribution in [3.05, 3.63) is 59.0 Å². The van der Waals surface area contributed by atoms with Gasteiger partial charge in [0.2, 0.25) is 0 Å². The highest BCUT2D eigenvalue weighted by atomic mass is 16.5. The van der Waals surface area contributed by atoms with Crippen molar-refractivity contribution >= 4 is 11.9 Å². The van der Waals surface area contributed by atoms with E-state index >= 15 is 0 Å². The summed E-state index contributed by atoms with van der Waals surface area (Å²) < 4.78 is 10.4. The fraction of sp³-hybridized carbons (Fsp3) is 0.294. The van der Waals surface area contributed by atoms with Crippen LogP contribution >= 0.6 is 0 Å². The number of hydrogen-bond acceptors (Lipinski definition) is 4. The third-order valence-corrected chi connectivity index (χ3v) is 3.95. The highest BCUT2D eigenvalue weighted by molar-refractivity contribution is 5.94. The minimum absolute atomic E-state index is 0.127. The normalized spacial score (nSPS) is 16.9. The molecule has 0 aliphatic carbocycles. The summed E-state index contributed by atoms with van der Waals surface area (Å²) in [5.74, 6) is -0.784. The maximum absolute atomic E-state index is 12.7. The zero-order valence-corrected chi connectivity index (χ0v) is 12.7. The minimum atomic E-state index is -1.02. The Labute approximate surface area is 133 Å². The van der Waals surface area contributed by atoms with Gasteiger partial charge in [-0.25, -0.2) is 4.79 Å². The Morgan fingerprint density at radius 3 is 2.70 bits per heavy atom. The summed E-state index contributed by atoms with van der Waals surface area (Å²) in [4.78, 5) is 25.6. The summed E-state index contributed by atoms with van der Waals surface area (Å²) in [7, 11) is 1.53. The highest BCUT2D eigenvalue weighted by Crippen LogP contribution is 2.25. The van der Waals surface area contributed by atoms with Crippen LogP contribution in [0.15, 0.2) is 40.8 Å². The number of benzene rings is 1. The second-order valence-electron chi connectivity index (χ2n) is 5.46. The number of rotatable bonds is 4. The van der Waals surface area contributed by atoms with E-state index in [-0.39, 0.29) is 18.9 Å². The van der Waals surface area contributed by atoms with Gasteiger partial charge >= 0.3 is 5.97 Å². The van der Waals surface area contributed by atoms with Crippen LogP contribution in [0.4, 0.5) is 0 Å². The highest BCUT2D eigenvalue weighted by Gasteiger charge is 2.35. The van der Waals surface area contributed by atoms with Crippen molar-refractivity contribution < 1.29 is 23.8 Å². The second-order valence-corrected chi connectivity index (χ2v) is 5.46. The van der Waals surface area contributed by atoms with Gasteiger partial charge in [0.25, 0.3) is 5.91 Å². The molecule has 1 N–H and O–H groups in total. The summed E-state index contributed by atoms with van der Waals surface area (Å²) in [6.45, 7) is 0.519. The van der Waals surface area contributed by atoms with E-state index in [0.29, 0.717) is 12.2 Å². The number of nitrogens with zero attached hydrogens (tertiary/aromatic N) is 1. The van der Waals surface area contributed by atoms with Gasteiger partial charge in [0.1, 0.15) is 18.4 Å². The number of aliphatic carboxylic acids is 1. The number of carboxylic acids is 1. The number of furan rings is 1. The summed E-state index contributed by atoms with van der Waals surface area (Å²) >= 11 is 0. The van der Waals surface area contributed by atoms with E-state index in [1.807, 2.05) is 24.3 Å². The molecule has 1 amide bonds. The first-order valence-electron chi connectivity index (χ1n) is 7.28. The number of carboxylic acid groups (broad SMARTS) is 1. The van der Waals surface area contributed by atoms with E-state index in [9.17, 15) is 14.7 Å². The summed E-state index contributed by atoms with van der Waals surface area (Å²) in [6.07, 6.45) is 0.295. The van der Waals surface area contributed by atoms with Crippen LogP contribution in [0, 0.1) is 0 Å². The molecule has 6 nitrogen and oxygen atoms in total. The lowest BCUT2D eigenvalue weighted by Crippen LogP contribution is -2.48. The largest absolute Gasteiger partial charge is 0.480 e. The first-order valence-corrected chi connectivity index (χ1v) is 7.28. The quantitative estimate of drug-likeness (QED) is 0.934. The molecular formula is C17H17NO5. The van der Waals surface area contributed by atoms with E-state index in [4.69, 9.17) is 9.15 Å². The molecule has 23 heavy (non-hydrogen) atoms. The molecule has 1 aliphatic rings. The Balaban J connectivity index is 1.89. The van der Waals surface area contributed by atoms with Crippen molar-refractivity contribution in [3.63, 3.8) is 0 Å². The van der Waals surface area contributed by atoms with Gasteiger partial charge in [-0.3, -0.25) is 4.79 Å². The number of methoxy groups -OCH3 is 1. The molecule has 0 saturated heterocycles. The average molecular weight is 315 g/mol. The Bertz CT molecular complexity index is 736. The van der Waals surface area contributed by atoms with Crippen molar-refractivity contribution in [3.8, 4) is 0 Å². The molecule has 0 unspecified atom stereocenters. The van der Waals surface area contributed by atoms with Crippen LogP contribution in [0.2, 0.25) is 0 Å². The predicted octanol–water partition coefficient (Wildman–Crippen LogP) is 2.08. The maximum Gasteiger partial charge on any atom is 0.326 e. The molecule has 2 heterocycles. The number of carbonyl (C=O) groups excluding carboxylic acids is 1. The Kier molecular flexibility index (Phi) is 4.16. The van der Waals surface area contributed by atoms with Crippen LogP contribution in [0.5, 0.6) is 0 Å². The molecule has 3 rings (SSSR count). The maximum atomic E-state index is 12.7. The fourth-order valence-electron chi connectivity index (χ4n) is 2.81. The SMILES string of the molecule is COCc1ccc(C(=O)N2Cc3ccccc3C[C@H]2C(=O)O)o1. The molecule has 0 radical (unpaired) electrons. The molecule has 1 aliphatic heterocycles. The number of hydrogen-bond donors (Lipinski definition) is 1. The van der Waals surface area contributed by atoms with E-state index in [1.165, 1.54) is 12.0 Å². The zero-order chi connectivity index (χ0) is 16.4. The van der Waals surface area contributed by atoms with Gasteiger partial charge in [-0.1, -0.05) is 24.3 Å². The molecule has 1 aromatic heterocycles. The number of amides is 1. The molecule has 0 spiro atoms. The molecule has 6 heteroatoms. The third kappa shape index (κ3) is 2.98. The number of carbonyl (C=O) groups is 2. The van der Waals surface area contributed by atoms with Crippen LogP contribution in [-0.2, 0) is 29.1 Å². The van der Waals surface area contributed by atoms with Crippen molar-refractivity contribution in [1.29, 1.82) is 0 Å². The minimum Gasteiger partial charge on any atom is -0.480 e. The smallest absolute Gasteiger partial charge is 0.326 e. The van der Waals surface area contributed by atoms with Crippen molar-refractivity contribution in [2.75, 3.05) is 7.11 Å². The molecule has 120 valence electrons. The first kappa shape index (κ1) is 15.3. The van der Waals surface area contributed by atoms with Crippen LogP contribution in [0.25, 0.3) is 0 Å². The number of fused-ring (bicyclic) bond motifs is 1. The van der Waals surface area contributed by atoms with Gasteiger partial charge in [0.15, 0.2) is 5.76 Å². The van der Waals surface area contributed by atoms with E-state index in [0.717, 1.165) is 11.1 Å². The van der Waals surface area contributed by atoms with Gasteiger partial charge in [0.05, 0.1) is 0 Å². The Morgan fingerprint density at radius 1 is 1.26 bits per heavy atom. The molecule has 2 aromatic rings. The van der Waals surface area contributed by atoms with Crippen molar-refractivity contribution in [2.45, 2.75) is 25.6 Å². The van der Waals surface area contributed by atoms with Gasteiger partial charge < -0.3 is 19.2 Å². The molecule has 1 atom stereocenters. The zero-order valence-electron chi connectivity index (χ0n) is 12.7. The topological polar surface area (TPSA) is 80.0 Å². The molecule has 0 bridgehead atoms. The fourth-order valence-corrected chi connectivity index (χ4v) is 2.81. The summed E-state index contributed by atoms with van der Waals surface area (Å²) in [5.41, 5.74) is 1.92. The monoisotopic (exact) mass is 315 g/mol. The lowest BCUT2D eigenvalue weighted by atomic mass is 9.94. The van der Waals surface area contributed by atoms with E-state index in [1.54, 1.807) is 12.1 Å². The number of ether oxygens (including phenoxy) is 1. The van der Waals surface area contributed by atoms with Gasteiger partial charge in [0, 0.05) is 20.1 Å². The van der Waals surface area contributed by atoms with Crippen LogP contribution in [0.3, 0.4) is 0 Å². The third-order valence-electron chi connectivity index (χ3n) is 3.95. The lowest BCUT2D eigenvalue weighted by Gasteiger charge is -2.33. The lowest BCUT2D eigenvalue weighted by molar-refractivity contribution is -0.142. The van der Waals surface area contributed by atoms with Gasteiger partial charge in [-0.15, -0.1) is 0 Å². The summed E-state index contributed by atoms with van der Waals surface area (Å²) in [6, 6.07) is 9.88.